The first-order valence-corrected chi connectivity index (χ1v) is 8.77. The predicted octanol–water partition coefficient (Wildman–Crippen LogP) is 2.77. The zero-order valence-corrected chi connectivity index (χ0v) is 14.8. The van der Waals surface area contributed by atoms with E-state index in [0.29, 0.717) is 25.6 Å². The van der Waals surface area contributed by atoms with Crippen molar-refractivity contribution in [1.29, 1.82) is 0 Å². The van der Waals surface area contributed by atoms with E-state index in [9.17, 15) is 4.79 Å². The third-order valence-electron chi connectivity index (χ3n) is 4.58. The van der Waals surface area contributed by atoms with Gasteiger partial charge in [-0.05, 0) is 44.7 Å². The number of hydrogen-bond acceptors (Lipinski definition) is 4. The van der Waals surface area contributed by atoms with Crippen LogP contribution in [-0.2, 0) is 12.8 Å². The monoisotopic (exact) mass is 343 g/mol. The number of rotatable bonds is 6. The molecule has 0 radical (unpaired) electrons. The minimum absolute atomic E-state index is 0.127. The molecular weight excluding hydrogens is 318 g/mol. The highest BCUT2D eigenvalue weighted by Crippen LogP contribution is 2.26. The van der Waals surface area contributed by atoms with Crippen molar-refractivity contribution in [2.24, 2.45) is 5.92 Å². The second kappa shape index (κ2) is 8.05. The summed E-state index contributed by atoms with van der Waals surface area (Å²) in [6.07, 6.45) is 2.65. The second-order valence-corrected chi connectivity index (χ2v) is 6.53. The quantitative estimate of drug-likeness (QED) is 0.791. The highest BCUT2D eigenvalue weighted by atomic mass is 16.5. The van der Waals surface area contributed by atoms with Crippen LogP contribution in [0.15, 0.2) is 28.8 Å². The number of nitrogens with zero attached hydrogens (tertiary/aromatic N) is 1. The number of amides is 2. The lowest BCUT2D eigenvalue weighted by Gasteiger charge is -2.25. The van der Waals surface area contributed by atoms with Gasteiger partial charge in [-0.25, -0.2) is 4.79 Å². The van der Waals surface area contributed by atoms with Gasteiger partial charge in [0, 0.05) is 24.6 Å². The Balaban J connectivity index is 1.34. The van der Waals surface area contributed by atoms with Gasteiger partial charge >= 0.3 is 6.03 Å². The molecule has 0 aliphatic carbocycles. The SMILES string of the molecule is Cc1noc(C)c1CCCNC(=O)NCC1COc2ccccc2C1. The van der Waals surface area contributed by atoms with Gasteiger partial charge in [-0.15, -0.1) is 0 Å². The number of para-hydroxylation sites is 1. The average Bonchev–Trinajstić information content (AvgIpc) is 2.95. The average molecular weight is 343 g/mol. The first kappa shape index (κ1) is 17.3. The van der Waals surface area contributed by atoms with Gasteiger partial charge in [0.25, 0.3) is 0 Å². The van der Waals surface area contributed by atoms with Crippen LogP contribution in [0.2, 0.25) is 0 Å². The topological polar surface area (TPSA) is 76.4 Å². The zero-order valence-electron chi connectivity index (χ0n) is 14.8. The third kappa shape index (κ3) is 4.53. The molecule has 1 aliphatic heterocycles. The van der Waals surface area contributed by atoms with E-state index in [1.807, 2.05) is 32.0 Å². The van der Waals surface area contributed by atoms with Crippen LogP contribution >= 0.6 is 0 Å². The maximum absolute atomic E-state index is 11.9. The van der Waals surface area contributed by atoms with Crippen molar-refractivity contribution in [3.05, 3.63) is 46.8 Å². The van der Waals surface area contributed by atoms with Crippen LogP contribution in [0.4, 0.5) is 4.79 Å². The van der Waals surface area contributed by atoms with Crippen molar-refractivity contribution in [3.63, 3.8) is 0 Å². The Labute approximate surface area is 147 Å². The van der Waals surface area contributed by atoms with Gasteiger partial charge in [0.05, 0.1) is 12.3 Å². The van der Waals surface area contributed by atoms with Gasteiger partial charge < -0.3 is 19.9 Å². The fourth-order valence-corrected chi connectivity index (χ4v) is 3.15. The standard InChI is InChI=1S/C19H25N3O3/c1-13-17(14(2)25-22-13)7-5-9-20-19(23)21-11-15-10-16-6-3-4-8-18(16)24-12-15/h3-4,6,8,15H,5,7,9-12H2,1-2H3,(H2,20,21,23). The van der Waals surface area contributed by atoms with Crippen molar-refractivity contribution in [3.8, 4) is 5.75 Å². The van der Waals surface area contributed by atoms with E-state index < -0.39 is 0 Å². The Kier molecular flexibility index (Phi) is 5.58. The van der Waals surface area contributed by atoms with Crippen LogP contribution in [0, 0.1) is 19.8 Å². The number of ether oxygens (including phenoxy) is 1. The lowest BCUT2D eigenvalue weighted by Crippen LogP contribution is -2.41. The first-order valence-electron chi connectivity index (χ1n) is 8.77. The van der Waals surface area contributed by atoms with Crippen LogP contribution < -0.4 is 15.4 Å². The van der Waals surface area contributed by atoms with Gasteiger partial charge in [0.1, 0.15) is 11.5 Å². The van der Waals surface area contributed by atoms with Gasteiger partial charge in [0.2, 0.25) is 0 Å². The van der Waals surface area contributed by atoms with Crippen LogP contribution in [0.5, 0.6) is 5.75 Å². The number of aromatic nitrogens is 1. The van der Waals surface area contributed by atoms with Crippen molar-refractivity contribution >= 4 is 6.03 Å². The van der Waals surface area contributed by atoms with E-state index in [-0.39, 0.29) is 6.03 Å². The first-order chi connectivity index (χ1) is 12.1. The summed E-state index contributed by atoms with van der Waals surface area (Å²) in [6, 6.07) is 7.94. The number of hydrogen-bond donors (Lipinski definition) is 2. The summed E-state index contributed by atoms with van der Waals surface area (Å²) >= 11 is 0. The molecule has 1 aromatic carbocycles. The Morgan fingerprint density at radius 3 is 2.92 bits per heavy atom. The summed E-state index contributed by atoms with van der Waals surface area (Å²) in [6.45, 7) is 5.74. The highest BCUT2D eigenvalue weighted by molar-refractivity contribution is 5.73. The molecule has 0 saturated heterocycles. The lowest BCUT2D eigenvalue weighted by atomic mass is 9.97. The van der Waals surface area contributed by atoms with E-state index in [1.54, 1.807) is 0 Å². The smallest absolute Gasteiger partial charge is 0.314 e. The summed E-state index contributed by atoms with van der Waals surface area (Å²) in [7, 11) is 0. The Hall–Kier alpha value is -2.50. The van der Waals surface area contributed by atoms with E-state index in [4.69, 9.17) is 9.26 Å². The molecule has 1 aromatic heterocycles. The van der Waals surface area contributed by atoms with E-state index in [1.165, 1.54) is 5.56 Å². The van der Waals surface area contributed by atoms with Crippen molar-refractivity contribution < 1.29 is 14.1 Å². The van der Waals surface area contributed by atoms with Gasteiger partial charge in [-0.3, -0.25) is 0 Å². The molecule has 3 rings (SSSR count). The fourth-order valence-electron chi connectivity index (χ4n) is 3.15. The molecule has 0 spiro atoms. The maximum atomic E-state index is 11.9. The molecule has 25 heavy (non-hydrogen) atoms. The van der Waals surface area contributed by atoms with Crippen LogP contribution in [0.1, 0.15) is 29.0 Å². The Morgan fingerprint density at radius 2 is 2.12 bits per heavy atom. The van der Waals surface area contributed by atoms with Gasteiger partial charge in [-0.2, -0.15) is 0 Å². The normalized spacial score (nSPS) is 16.0. The molecule has 134 valence electrons. The molecule has 0 bridgehead atoms. The maximum Gasteiger partial charge on any atom is 0.314 e. The summed E-state index contributed by atoms with van der Waals surface area (Å²) < 4.78 is 10.9. The molecule has 0 fully saturated rings. The molecule has 6 nitrogen and oxygen atoms in total. The minimum atomic E-state index is -0.127. The zero-order chi connectivity index (χ0) is 17.6. The number of benzene rings is 1. The molecular formula is C19H25N3O3. The molecule has 2 aromatic rings. The highest BCUT2D eigenvalue weighted by Gasteiger charge is 2.19. The molecule has 1 aliphatic rings. The van der Waals surface area contributed by atoms with Gasteiger partial charge in [-0.1, -0.05) is 23.4 Å². The predicted molar refractivity (Wildman–Crippen MR) is 94.8 cm³/mol. The number of urea groups is 1. The molecule has 0 saturated carbocycles. The number of aryl methyl sites for hydroxylation is 2. The number of carbonyl (C=O) groups is 1. The summed E-state index contributed by atoms with van der Waals surface area (Å²) in [4.78, 5) is 11.9. The largest absolute Gasteiger partial charge is 0.493 e. The van der Waals surface area contributed by atoms with Crippen molar-refractivity contribution in [1.82, 2.24) is 15.8 Å². The van der Waals surface area contributed by atoms with Crippen molar-refractivity contribution in [2.45, 2.75) is 33.1 Å². The van der Waals surface area contributed by atoms with E-state index in [0.717, 1.165) is 42.0 Å². The molecule has 1 unspecified atom stereocenters. The summed E-state index contributed by atoms with van der Waals surface area (Å²) in [5, 5.41) is 9.78. The number of carbonyl (C=O) groups excluding carboxylic acids is 1. The van der Waals surface area contributed by atoms with Crippen LogP contribution in [0.25, 0.3) is 0 Å². The molecule has 2 heterocycles. The number of nitrogens with one attached hydrogen (secondary N) is 2. The number of fused-ring (bicyclic) bond motifs is 1. The fraction of sp³-hybridized carbons (Fsp3) is 0.474. The summed E-state index contributed by atoms with van der Waals surface area (Å²) in [5.74, 6) is 2.13. The molecule has 2 N–H and O–H groups in total. The van der Waals surface area contributed by atoms with Crippen LogP contribution in [-0.4, -0.2) is 30.9 Å². The van der Waals surface area contributed by atoms with E-state index in [2.05, 4.69) is 21.9 Å². The second-order valence-electron chi connectivity index (χ2n) is 6.53. The molecule has 2 amide bonds. The third-order valence-corrected chi connectivity index (χ3v) is 4.58. The van der Waals surface area contributed by atoms with E-state index >= 15 is 0 Å². The Morgan fingerprint density at radius 1 is 1.28 bits per heavy atom. The molecule has 1 atom stereocenters. The van der Waals surface area contributed by atoms with Gasteiger partial charge in [0.15, 0.2) is 0 Å². The Bertz CT molecular complexity index is 707. The summed E-state index contributed by atoms with van der Waals surface area (Å²) in [5.41, 5.74) is 3.28. The van der Waals surface area contributed by atoms with Crippen molar-refractivity contribution in [2.75, 3.05) is 19.7 Å². The molecule has 6 heteroatoms. The van der Waals surface area contributed by atoms with Crippen LogP contribution in [0.3, 0.4) is 0 Å². The minimum Gasteiger partial charge on any atom is -0.493 e. The lowest BCUT2D eigenvalue weighted by molar-refractivity contribution is 0.211.